The van der Waals surface area contributed by atoms with Crippen LogP contribution in [0.1, 0.15) is 23.8 Å². The van der Waals surface area contributed by atoms with Crippen molar-refractivity contribution in [3.05, 3.63) is 70.4 Å². The molecule has 37 heavy (non-hydrogen) atoms. The Kier molecular flexibility index (Phi) is 10.6. The van der Waals surface area contributed by atoms with Crippen LogP contribution in [0.5, 0.6) is 17.2 Å². The van der Waals surface area contributed by atoms with Gasteiger partial charge in [0, 0.05) is 18.0 Å². The second-order valence-corrected chi connectivity index (χ2v) is 9.42. The van der Waals surface area contributed by atoms with Crippen LogP contribution in [0.25, 0.3) is 0 Å². The number of rotatable bonds is 13. The SMILES string of the molecule is CCCN(CC(=O)N(CCc1ccc(OC)c(OC)c1)Cc1cccs1)C(=O)Nc1ccccc1OC. The number of amides is 3. The smallest absolute Gasteiger partial charge is 0.322 e. The second-order valence-electron chi connectivity index (χ2n) is 8.39. The lowest BCUT2D eigenvalue weighted by atomic mass is 10.1. The number of nitrogens with one attached hydrogen (secondary N) is 1. The summed E-state index contributed by atoms with van der Waals surface area (Å²) in [4.78, 5) is 31.1. The van der Waals surface area contributed by atoms with Crippen LogP contribution in [-0.2, 0) is 17.8 Å². The molecule has 3 rings (SSSR count). The van der Waals surface area contributed by atoms with Crippen LogP contribution in [0.4, 0.5) is 10.5 Å². The van der Waals surface area contributed by atoms with E-state index in [1.165, 1.54) is 0 Å². The Bertz CT molecular complexity index is 1150. The molecule has 198 valence electrons. The van der Waals surface area contributed by atoms with Gasteiger partial charge in [0.25, 0.3) is 0 Å². The van der Waals surface area contributed by atoms with Gasteiger partial charge in [0.15, 0.2) is 11.5 Å². The molecule has 1 N–H and O–H groups in total. The summed E-state index contributed by atoms with van der Waals surface area (Å²) < 4.78 is 16.1. The molecular formula is C28H35N3O5S. The van der Waals surface area contributed by atoms with Crippen LogP contribution in [-0.4, -0.2) is 62.7 Å². The predicted octanol–water partition coefficient (Wildman–Crippen LogP) is 5.29. The van der Waals surface area contributed by atoms with E-state index < -0.39 is 0 Å². The Balaban J connectivity index is 1.73. The van der Waals surface area contributed by atoms with Crippen LogP contribution in [0.3, 0.4) is 0 Å². The number of urea groups is 1. The number of benzene rings is 2. The van der Waals surface area contributed by atoms with Gasteiger partial charge < -0.3 is 29.3 Å². The van der Waals surface area contributed by atoms with Gasteiger partial charge in [0.1, 0.15) is 12.3 Å². The molecule has 1 heterocycles. The maximum absolute atomic E-state index is 13.5. The van der Waals surface area contributed by atoms with E-state index in [0.717, 1.165) is 16.9 Å². The number of thiophene rings is 1. The zero-order valence-corrected chi connectivity index (χ0v) is 22.7. The number of carbonyl (C=O) groups is 2. The van der Waals surface area contributed by atoms with Crippen LogP contribution >= 0.6 is 11.3 Å². The van der Waals surface area contributed by atoms with Gasteiger partial charge in [0.05, 0.1) is 33.6 Å². The average molecular weight is 526 g/mol. The molecule has 8 nitrogen and oxygen atoms in total. The molecule has 0 aliphatic heterocycles. The summed E-state index contributed by atoms with van der Waals surface area (Å²) in [5.74, 6) is 1.76. The van der Waals surface area contributed by atoms with Crippen LogP contribution in [0, 0.1) is 0 Å². The highest BCUT2D eigenvalue weighted by molar-refractivity contribution is 7.09. The molecular weight excluding hydrogens is 490 g/mol. The van der Waals surface area contributed by atoms with Gasteiger partial charge in [0.2, 0.25) is 5.91 Å². The minimum absolute atomic E-state index is 0.0217. The third-order valence-corrected chi connectivity index (χ3v) is 6.71. The quantitative estimate of drug-likeness (QED) is 0.328. The van der Waals surface area contributed by atoms with Crippen molar-refractivity contribution in [3.63, 3.8) is 0 Å². The van der Waals surface area contributed by atoms with E-state index in [2.05, 4.69) is 5.32 Å². The van der Waals surface area contributed by atoms with Crippen molar-refractivity contribution in [1.29, 1.82) is 0 Å². The van der Waals surface area contributed by atoms with Crippen molar-refractivity contribution in [2.75, 3.05) is 46.3 Å². The van der Waals surface area contributed by atoms with Crippen LogP contribution in [0.2, 0.25) is 0 Å². The summed E-state index contributed by atoms with van der Waals surface area (Å²) in [6, 6.07) is 16.6. The maximum Gasteiger partial charge on any atom is 0.322 e. The number of carbonyl (C=O) groups excluding carboxylic acids is 2. The van der Waals surface area contributed by atoms with Crippen LogP contribution < -0.4 is 19.5 Å². The van der Waals surface area contributed by atoms with Gasteiger partial charge in [-0.05, 0) is 54.1 Å². The fraction of sp³-hybridized carbons (Fsp3) is 0.357. The summed E-state index contributed by atoms with van der Waals surface area (Å²) in [5.41, 5.74) is 1.59. The number of anilines is 1. The molecule has 0 saturated carbocycles. The fourth-order valence-electron chi connectivity index (χ4n) is 3.91. The van der Waals surface area contributed by atoms with Crippen molar-refractivity contribution in [1.82, 2.24) is 9.80 Å². The van der Waals surface area contributed by atoms with Crippen molar-refractivity contribution in [2.24, 2.45) is 0 Å². The predicted molar refractivity (Wildman–Crippen MR) is 147 cm³/mol. The molecule has 0 aliphatic rings. The van der Waals surface area contributed by atoms with E-state index in [1.54, 1.807) is 49.7 Å². The lowest BCUT2D eigenvalue weighted by Crippen LogP contribution is -2.45. The summed E-state index contributed by atoms with van der Waals surface area (Å²) in [6.45, 7) is 3.40. The molecule has 3 aromatic rings. The van der Waals surface area contributed by atoms with Crippen molar-refractivity contribution < 1.29 is 23.8 Å². The Hall–Kier alpha value is -3.72. The number of hydrogen-bond donors (Lipinski definition) is 1. The zero-order valence-electron chi connectivity index (χ0n) is 21.9. The standard InChI is InChI=1S/C28H35N3O5S/c1-5-15-31(28(33)29-23-10-6-7-11-24(23)34-2)20-27(32)30(19-22-9-8-17-37-22)16-14-21-12-13-25(35-3)26(18-21)36-4/h6-13,17-18H,5,14-16,19-20H2,1-4H3,(H,29,33). The van der Waals surface area contributed by atoms with E-state index >= 15 is 0 Å². The summed E-state index contributed by atoms with van der Waals surface area (Å²) in [6.07, 6.45) is 1.36. The minimum Gasteiger partial charge on any atom is -0.495 e. The molecule has 0 bridgehead atoms. The van der Waals surface area contributed by atoms with Gasteiger partial charge in [-0.15, -0.1) is 11.3 Å². The van der Waals surface area contributed by atoms with Crippen molar-refractivity contribution in [3.8, 4) is 17.2 Å². The molecule has 2 aromatic carbocycles. The first-order valence-electron chi connectivity index (χ1n) is 12.2. The fourth-order valence-corrected chi connectivity index (χ4v) is 4.63. The molecule has 3 amide bonds. The van der Waals surface area contributed by atoms with E-state index in [-0.39, 0.29) is 18.5 Å². The zero-order chi connectivity index (χ0) is 26.6. The summed E-state index contributed by atoms with van der Waals surface area (Å²) >= 11 is 1.61. The average Bonchev–Trinajstić information content (AvgIpc) is 3.44. The number of ether oxygens (including phenoxy) is 3. The molecule has 0 spiro atoms. The first-order valence-corrected chi connectivity index (χ1v) is 13.1. The molecule has 0 unspecified atom stereocenters. The first kappa shape index (κ1) is 27.9. The molecule has 0 atom stereocenters. The Morgan fingerprint density at radius 2 is 1.62 bits per heavy atom. The first-order chi connectivity index (χ1) is 18.0. The summed E-state index contributed by atoms with van der Waals surface area (Å²) in [5, 5.41) is 4.88. The minimum atomic E-state index is -0.337. The van der Waals surface area contributed by atoms with Gasteiger partial charge in [-0.1, -0.05) is 31.2 Å². The number of hydrogen-bond acceptors (Lipinski definition) is 6. The number of nitrogens with zero attached hydrogens (tertiary/aromatic N) is 2. The molecule has 9 heteroatoms. The summed E-state index contributed by atoms with van der Waals surface area (Å²) in [7, 11) is 4.76. The molecule has 0 saturated heterocycles. The topological polar surface area (TPSA) is 80.3 Å². The third kappa shape index (κ3) is 7.88. The Labute approximate surface area is 222 Å². The highest BCUT2D eigenvalue weighted by Gasteiger charge is 2.22. The Morgan fingerprint density at radius 1 is 0.865 bits per heavy atom. The highest BCUT2D eigenvalue weighted by Crippen LogP contribution is 2.28. The second kappa shape index (κ2) is 14.1. The largest absolute Gasteiger partial charge is 0.495 e. The molecule has 1 aromatic heterocycles. The van der Waals surface area contributed by atoms with E-state index in [9.17, 15) is 9.59 Å². The molecule has 0 aliphatic carbocycles. The molecule has 0 fully saturated rings. The maximum atomic E-state index is 13.5. The van der Waals surface area contributed by atoms with E-state index in [4.69, 9.17) is 14.2 Å². The van der Waals surface area contributed by atoms with Crippen LogP contribution in [0.15, 0.2) is 60.0 Å². The van der Waals surface area contributed by atoms with E-state index in [0.29, 0.717) is 49.0 Å². The molecule has 0 radical (unpaired) electrons. The normalized spacial score (nSPS) is 10.5. The van der Waals surface area contributed by atoms with E-state index in [1.807, 2.05) is 59.7 Å². The lowest BCUT2D eigenvalue weighted by Gasteiger charge is -2.28. The Morgan fingerprint density at radius 3 is 2.30 bits per heavy atom. The van der Waals surface area contributed by atoms with Crippen molar-refractivity contribution in [2.45, 2.75) is 26.3 Å². The van der Waals surface area contributed by atoms with Gasteiger partial charge in [-0.2, -0.15) is 0 Å². The lowest BCUT2D eigenvalue weighted by molar-refractivity contribution is -0.132. The number of methoxy groups -OCH3 is 3. The highest BCUT2D eigenvalue weighted by atomic mass is 32.1. The van der Waals surface area contributed by atoms with Gasteiger partial charge in [-0.25, -0.2) is 4.79 Å². The van der Waals surface area contributed by atoms with Gasteiger partial charge in [-0.3, -0.25) is 4.79 Å². The number of para-hydroxylation sites is 2. The third-order valence-electron chi connectivity index (χ3n) is 5.85. The van der Waals surface area contributed by atoms with Gasteiger partial charge >= 0.3 is 6.03 Å². The van der Waals surface area contributed by atoms with Crippen molar-refractivity contribution >= 4 is 29.0 Å². The monoisotopic (exact) mass is 525 g/mol.